The first-order valence-corrected chi connectivity index (χ1v) is 18.6. The van der Waals surface area contributed by atoms with Crippen LogP contribution in [0, 0.1) is 0 Å². The maximum Gasteiger partial charge on any atom is 1.00 e. The molecule has 0 N–H and O–H groups in total. The Morgan fingerprint density at radius 1 is 0.367 bits per heavy atom. The summed E-state index contributed by atoms with van der Waals surface area (Å²) < 4.78 is 14.8. The van der Waals surface area contributed by atoms with Gasteiger partial charge in [0.2, 0.25) is 0 Å². The molecule has 0 amide bonds. The summed E-state index contributed by atoms with van der Waals surface area (Å²) in [5, 5.41) is 5.09. The molecule has 8 heteroatoms. The number of ether oxygens (including phenoxy) is 3. The predicted octanol–water partition coefficient (Wildman–Crippen LogP) is 2.61. The van der Waals surface area contributed by atoms with Gasteiger partial charge in [-0.1, -0.05) is 115 Å². The molecular weight excluding hydrogens is 695 g/mol. The third-order valence-corrected chi connectivity index (χ3v) is 9.98. The van der Waals surface area contributed by atoms with Gasteiger partial charge in [-0.3, -0.25) is 0 Å². The minimum atomic E-state index is 0. The Morgan fingerprint density at radius 2 is 0.694 bits per heavy atom. The van der Waals surface area contributed by atoms with Gasteiger partial charge in [0.25, 0.3) is 0 Å². The summed E-state index contributed by atoms with van der Waals surface area (Å²) in [6.45, 7) is 6.00. The molecule has 3 aliphatic heterocycles. The number of aromatic nitrogens is 1. The van der Waals surface area contributed by atoms with Crippen LogP contribution in [0.25, 0.3) is 22.5 Å². The minimum Gasteiger partial charge on any atom is -0.472 e. The van der Waals surface area contributed by atoms with Crippen LogP contribution in [-0.4, -0.2) is 44.6 Å². The summed E-state index contributed by atoms with van der Waals surface area (Å²) >= 11 is 0. The number of hydrogen-bond acceptors (Lipinski definition) is 4. The molecule has 4 aromatic carbocycles. The van der Waals surface area contributed by atoms with Gasteiger partial charge in [-0.05, 0) is 61.8 Å². The Morgan fingerprint density at radius 3 is 1.02 bits per heavy atom. The second-order valence-electron chi connectivity index (χ2n) is 11.3. The van der Waals surface area contributed by atoms with E-state index in [4.69, 9.17) is 19.2 Å². The van der Waals surface area contributed by atoms with Crippen LogP contribution in [-0.2, 0) is 14.2 Å². The first kappa shape index (κ1) is 43.4. The van der Waals surface area contributed by atoms with E-state index in [1.54, 1.807) is 0 Å². The smallest absolute Gasteiger partial charge is 0.472 e. The maximum atomic E-state index is 5.11. The van der Waals surface area contributed by atoms with Gasteiger partial charge in [-0.2, -0.15) is 10.6 Å². The largest absolute Gasteiger partial charge is 1.00 e. The van der Waals surface area contributed by atoms with Crippen LogP contribution in [0.3, 0.4) is 0 Å². The molecule has 0 atom stereocenters. The molecule has 3 saturated heterocycles. The average molecular weight is 740 g/mol. The first-order valence-electron chi connectivity index (χ1n) is 16.8. The van der Waals surface area contributed by atoms with E-state index < -0.39 is 0 Å². The Kier molecular flexibility index (Phi) is 23.7. The maximum absolute atomic E-state index is 5.11. The van der Waals surface area contributed by atoms with Gasteiger partial charge in [0.15, 0.2) is 0 Å². The summed E-state index contributed by atoms with van der Waals surface area (Å²) in [6.07, 6.45) is 7.67. The fraction of sp³-hybridized carbons (Fsp3) is 0.293. The Bertz CT molecular complexity index is 1440. The summed E-state index contributed by atoms with van der Waals surface area (Å²) in [4.78, 5) is 5.11. The molecule has 8 rings (SSSR count). The summed E-state index contributed by atoms with van der Waals surface area (Å²) in [5.74, 6) is 0. The third-order valence-electron chi connectivity index (χ3n) is 7.60. The molecular formula is C41H45K2NO3P2. The van der Waals surface area contributed by atoms with Gasteiger partial charge >= 0.3 is 103 Å². The van der Waals surface area contributed by atoms with Crippen molar-refractivity contribution >= 4 is 38.4 Å². The Balaban J connectivity index is 0.000000313. The number of rotatable bonds is 6. The van der Waals surface area contributed by atoms with Crippen LogP contribution in [0.2, 0.25) is 0 Å². The summed E-state index contributed by atoms with van der Waals surface area (Å²) in [5.41, 5.74) is 4.37. The molecule has 0 radical (unpaired) electrons. The molecule has 244 valence electrons. The Labute approximate surface area is 382 Å². The van der Waals surface area contributed by atoms with Crippen molar-refractivity contribution in [2.45, 2.75) is 38.5 Å². The summed E-state index contributed by atoms with van der Waals surface area (Å²) in [6, 6.07) is 44.6. The van der Waals surface area contributed by atoms with E-state index in [9.17, 15) is 0 Å². The molecule has 0 bridgehead atoms. The fourth-order valence-electron chi connectivity index (χ4n) is 5.12. The van der Waals surface area contributed by atoms with E-state index in [1.807, 2.05) is 0 Å². The average Bonchev–Trinajstić information content (AvgIpc) is 3.98. The minimum absolute atomic E-state index is 0. The predicted molar refractivity (Wildman–Crippen MR) is 201 cm³/mol. The molecule has 4 nitrogen and oxygen atoms in total. The Hall–Kier alpha value is 0.0427. The van der Waals surface area contributed by atoms with Crippen LogP contribution in [0.1, 0.15) is 38.5 Å². The van der Waals surface area contributed by atoms with Crippen molar-refractivity contribution in [2.24, 2.45) is 0 Å². The number of nitrogens with zero attached hydrogens (tertiary/aromatic N) is 1. The van der Waals surface area contributed by atoms with Crippen molar-refractivity contribution < 1.29 is 117 Å². The zero-order valence-electron chi connectivity index (χ0n) is 29.2. The molecule has 49 heavy (non-hydrogen) atoms. The molecule has 0 saturated carbocycles. The van der Waals surface area contributed by atoms with Crippen molar-refractivity contribution in [1.82, 2.24) is 4.98 Å². The molecule has 5 aromatic rings. The van der Waals surface area contributed by atoms with Crippen LogP contribution in [0.5, 0.6) is 0 Å². The SMILES string of the molecule is C1CCOC1.C1CCOC1.C1CCOC1.[K+].[K+].c1ccc([P-]c2ccccc2-c2cccc(-c3ccccc3[P-]c3ccccc3)n2)cc1. The monoisotopic (exact) mass is 739 g/mol. The zero-order valence-corrected chi connectivity index (χ0v) is 37.2. The zero-order chi connectivity index (χ0) is 32.2. The number of benzene rings is 4. The second kappa shape index (κ2) is 26.8. The molecule has 0 spiro atoms. The van der Waals surface area contributed by atoms with E-state index in [-0.39, 0.29) is 103 Å². The molecule has 0 aliphatic carbocycles. The van der Waals surface area contributed by atoms with Crippen molar-refractivity contribution in [3.63, 3.8) is 0 Å². The van der Waals surface area contributed by atoms with Crippen molar-refractivity contribution in [1.29, 1.82) is 0 Å². The van der Waals surface area contributed by atoms with Gasteiger partial charge < -0.3 is 31.4 Å². The fourth-order valence-corrected chi connectivity index (χ4v) is 7.26. The van der Waals surface area contributed by atoms with Gasteiger partial charge in [-0.15, -0.1) is 0 Å². The van der Waals surface area contributed by atoms with Gasteiger partial charge in [0.05, 0.1) is 11.4 Å². The standard InChI is InChI=1S/C29H21NP2.3C4H8O.2K/c1-3-12-22(13-4-1)31-28-20-9-7-16-24(28)26-18-11-19-27(30-26)25-17-8-10-21-29(25)32-23-14-5-2-6-15-23;3*1-2-4-5-3-1;;/h1-21H;3*1-4H2;;/q-2;;;;2*+1. The molecule has 3 aliphatic rings. The molecule has 4 heterocycles. The van der Waals surface area contributed by atoms with Crippen molar-refractivity contribution in [3.8, 4) is 22.5 Å². The molecule has 3 fully saturated rings. The number of hydrogen-bond donors (Lipinski definition) is 0. The summed E-state index contributed by atoms with van der Waals surface area (Å²) in [7, 11) is 2.38. The van der Waals surface area contributed by atoms with Crippen LogP contribution in [0.15, 0.2) is 127 Å². The van der Waals surface area contributed by atoms with Crippen LogP contribution >= 0.6 is 17.2 Å². The number of pyridine rings is 1. The van der Waals surface area contributed by atoms with Crippen LogP contribution < -0.4 is 124 Å². The first-order chi connectivity index (χ1) is 23.4. The molecule has 0 unspecified atom stereocenters. The second-order valence-corrected chi connectivity index (χ2v) is 13.7. The van der Waals surface area contributed by atoms with E-state index in [0.717, 1.165) is 51.0 Å². The van der Waals surface area contributed by atoms with Crippen molar-refractivity contribution in [2.75, 3.05) is 39.6 Å². The topological polar surface area (TPSA) is 40.6 Å². The van der Waals surface area contributed by atoms with E-state index in [2.05, 4.69) is 127 Å². The van der Waals surface area contributed by atoms with Gasteiger partial charge in [-0.25, -0.2) is 15.6 Å². The van der Waals surface area contributed by atoms with E-state index in [1.165, 1.54) is 88.0 Å². The van der Waals surface area contributed by atoms with Crippen molar-refractivity contribution in [3.05, 3.63) is 127 Å². The van der Waals surface area contributed by atoms with E-state index >= 15 is 0 Å². The van der Waals surface area contributed by atoms with Gasteiger partial charge in [0, 0.05) is 39.6 Å². The quantitative estimate of drug-likeness (QED) is 0.199. The third kappa shape index (κ3) is 16.3. The van der Waals surface area contributed by atoms with E-state index in [0.29, 0.717) is 0 Å². The van der Waals surface area contributed by atoms with Crippen LogP contribution in [0.4, 0.5) is 0 Å². The van der Waals surface area contributed by atoms with Gasteiger partial charge in [0.1, 0.15) is 0 Å². The molecule has 1 aromatic heterocycles. The normalized spacial score (nSPS) is 14.9.